The summed E-state index contributed by atoms with van der Waals surface area (Å²) >= 11 is 5.85. The summed E-state index contributed by atoms with van der Waals surface area (Å²) in [6.07, 6.45) is 0. The molecule has 0 bridgehead atoms. The first-order valence-corrected chi connectivity index (χ1v) is 5.56. The van der Waals surface area contributed by atoms with Crippen molar-refractivity contribution in [2.75, 3.05) is 13.7 Å². The summed E-state index contributed by atoms with van der Waals surface area (Å²) in [7, 11) is 1.29. The van der Waals surface area contributed by atoms with Gasteiger partial charge in [-0.05, 0) is 12.1 Å². The lowest BCUT2D eigenvalue weighted by atomic mass is 10.2. The van der Waals surface area contributed by atoms with Crippen LogP contribution in [0.2, 0.25) is 5.02 Å². The second-order valence-corrected chi connectivity index (χ2v) is 3.90. The first-order valence-electron chi connectivity index (χ1n) is 5.18. The number of imide groups is 1. The third-order valence-electron chi connectivity index (χ3n) is 2.09. The van der Waals surface area contributed by atoms with Gasteiger partial charge in [0.25, 0.3) is 5.91 Å². The van der Waals surface area contributed by atoms with E-state index in [1.165, 1.54) is 13.2 Å². The zero-order valence-corrected chi connectivity index (χ0v) is 11.1. The Balaban J connectivity index is 2.92. The van der Waals surface area contributed by atoms with Gasteiger partial charge < -0.3 is 20.3 Å². The number of nitrogens with one attached hydrogen (secondary N) is 1. The van der Waals surface area contributed by atoms with Crippen molar-refractivity contribution in [1.29, 1.82) is 0 Å². The quantitative estimate of drug-likeness (QED) is 0.731. The molecule has 4 N–H and O–H groups in total. The van der Waals surface area contributed by atoms with Crippen LogP contribution in [0.5, 0.6) is 11.5 Å². The highest BCUT2D eigenvalue weighted by Crippen LogP contribution is 2.36. The Hall–Kier alpha value is -2.48. The van der Waals surface area contributed by atoms with Crippen LogP contribution in [0.25, 0.3) is 0 Å². The molecule has 8 nitrogen and oxygen atoms in total. The largest absolute Gasteiger partial charge is 0.493 e. The first-order chi connectivity index (χ1) is 9.35. The standard InChI is InChI=1S/C11H11ClN2O6/c1-19-7-3-5(10(16)17)2-6(12)9(7)20-4-8(15)14-11(13)18/h2-3H,4H2,1H3,(H,16,17)(H3,13,14,15,18). The number of hydrogen-bond donors (Lipinski definition) is 3. The number of urea groups is 1. The van der Waals surface area contributed by atoms with Crippen LogP contribution in [0, 0.1) is 0 Å². The summed E-state index contributed by atoms with van der Waals surface area (Å²) in [5, 5.41) is 10.6. The highest BCUT2D eigenvalue weighted by atomic mass is 35.5. The minimum atomic E-state index is -1.19. The number of primary amides is 1. The molecule has 0 saturated heterocycles. The topological polar surface area (TPSA) is 128 Å². The van der Waals surface area contributed by atoms with Crippen LogP contribution >= 0.6 is 11.6 Å². The van der Waals surface area contributed by atoms with Gasteiger partial charge in [0.15, 0.2) is 18.1 Å². The lowest BCUT2D eigenvalue weighted by molar-refractivity contribution is -0.121. The van der Waals surface area contributed by atoms with Gasteiger partial charge in [0.2, 0.25) is 0 Å². The average molecular weight is 303 g/mol. The number of carboxylic acids is 1. The molecule has 0 aliphatic rings. The summed E-state index contributed by atoms with van der Waals surface area (Å²) in [5.74, 6) is -1.94. The van der Waals surface area contributed by atoms with E-state index in [9.17, 15) is 14.4 Å². The van der Waals surface area contributed by atoms with Crippen LogP contribution in [0.15, 0.2) is 12.1 Å². The highest BCUT2D eigenvalue weighted by molar-refractivity contribution is 6.32. The fourth-order valence-electron chi connectivity index (χ4n) is 1.29. The molecule has 3 amide bonds. The molecule has 1 aromatic carbocycles. The third-order valence-corrected chi connectivity index (χ3v) is 2.37. The molecule has 0 aliphatic carbocycles. The fraction of sp³-hybridized carbons (Fsp3) is 0.182. The van der Waals surface area contributed by atoms with Crippen LogP contribution in [0.3, 0.4) is 0 Å². The predicted octanol–water partition coefficient (Wildman–Crippen LogP) is 0.620. The molecule has 0 aliphatic heterocycles. The van der Waals surface area contributed by atoms with Crippen LogP contribution in [-0.2, 0) is 4.79 Å². The summed E-state index contributed by atoms with van der Waals surface area (Å²) in [6, 6.07) is 1.32. The molecule has 0 radical (unpaired) electrons. The Labute approximate surface area is 118 Å². The number of ether oxygens (including phenoxy) is 2. The van der Waals surface area contributed by atoms with Gasteiger partial charge in [0, 0.05) is 0 Å². The Morgan fingerprint density at radius 1 is 1.40 bits per heavy atom. The predicted molar refractivity (Wildman–Crippen MR) is 68.2 cm³/mol. The van der Waals surface area contributed by atoms with Crippen LogP contribution in [0.4, 0.5) is 4.79 Å². The van der Waals surface area contributed by atoms with Gasteiger partial charge in [-0.25, -0.2) is 9.59 Å². The number of aromatic carboxylic acids is 1. The molecule has 0 fully saturated rings. The van der Waals surface area contributed by atoms with Gasteiger partial charge in [-0.1, -0.05) is 11.6 Å². The molecule has 0 spiro atoms. The van der Waals surface area contributed by atoms with Gasteiger partial charge in [0.05, 0.1) is 17.7 Å². The van der Waals surface area contributed by atoms with Crippen molar-refractivity contribution < 1.29 is 29.0 Å². The highest BCUT2D eigenvalue weighted by Gasteiger charge is 2.16. The maximum Gasteiger partial charge on any atom is 0.335 e. The maximum absolute atomic E-state index is 11.2. The van der Waals surface area contributed by atoms with E-state index >= 15 is 0 Å². The summed E-state index contributed by atoms with van der Waals surface area (Å²) in [5.41, 5.74) is 4.66. The van der Waals surface area contributed by atoms with E-state index in [0.29, 0.717) is 0 Å². The van der Waals surface area contributed by atoms with E-state index in [1.807, 2.05) is 0 Å². The van der Waals surface area contributed by atoms with Gasteiger partial charge in [-0.2, -0.15) is 0 Å². The fourth-order valence-corrected chi connectivity index (χ4v) is 1.56. The SMILES string of the molecule is COc1cc(C(=O)O)cc(Cl)c1OCC(=O)NC(N)=O. The van der Waals surface area contributed by atoms with Crippen molar-refractivity contribution in [3.8, 4) is 11.5 Å². The summed E-state index contributed by atoms with van der Waals surface area (Å²) in [6.45, 7) is -0.536. The van der Waals surface area contributed by atoms with E-state index < -0.39 is 24.5 Å². The zero-order chi connectivity index (χ0) is 15.3. The normalized spacial score (nSPS) is 9.70. The Morgan fingerprint density at radius 2 is 2.05 bits per heavy atom. The van der Waals surface area contributed by atoms with E-state index in [0.717, 1.165) is 6.07 Å². The molecule has 1 rings (SSSR count). The third kappa shape index (κ3) is 4.02. The maximum atomic E-state index is 11.2. The van der Waals surface area contributed by atoms with Crippen LogP contribution in [-0.4, -0.2) is 36.7 Å². The Bertz CT molecular complexity index is 560. The molecule has 0 aromatic heterocycles. The van der Waals surface area contributed by atoms with Crippen molar-refractivity contribution in [3.63, 3.8) is 0 Å². The molecule has 9 heteroatoms. The van der Waals surface area contributed by atoms with Gasteiger partial charge in [-0.15, -0.1) is 0 Å². The number of benzene rings is 1. The molecule has 1 aromatic rings. The van der Waals surface area contributed by atoms with Gasteiger partial charge >= 0.3 is 12.0 Å². The van der Waals surface area contributed by atoms with Gasteiger partial charge in [-0.3, -0.25) is 10.1 Å². The van der Waals surface area contributed by atoms with E-state index in [-0.39, 0.29) is 22.1 Å². The summed E-state index contributed by atoms with van der Waals surface area (Å²) < 4.78 is 10.0. The number of halogens is 1. The lowest BCUT2D eigenvalue weighted by Crippen LogP contribution is -2.38. The molecule has 0 atom stereocenters. The number of nitrogens with two attached hydrogens (primary N) is 1. The van der Waals surface area contributed by atoms with Crippen LogP contribution < -0.4 is 20.5 Å². The number of carboxylic acid groups (broad SMARTS) is 1. The molecule has 0 saturated carbocycles. The van der Waals surface area contributed by atoms with Crippen molar-refractivity contribution in [1.82, 2.24) is 5.32 Å². The number of hydrogen-bond acceptors (Lipinski definition) is 5. The minimum absolute atomic E-state index is 0.0150. The van der Waals surface area contributed by atoms with Crippen molar-refractivity contribution >= 4 is 29.5 Å². The smallest absolute Gasteiger partial charge is 0.335 e. The number of carbonyl (C=O) groups is 3. The van der Waals surface area contributed by atoms with Crippen LogP contribution in [0.1, 0.15) is 10.4 Å². The lowest BCUT2D eigenvalue weighted by Gasteiger charge is -2.12. The number of methoxy groups -OCH3 is 1. The molecule has 20 heavy (non-hydrogen) atoms. The van der Waals surface area contributed by atoms with E-state index in [4.69, 9.17) is 31.9 Å². The van der Waals surface area contributed by atoms with Gasteiger partial charge in [0.1, 0.15) is 0 Å². The van der Waals surface area contributed by atoms with Crippen molar-refractivity contribution in [2.24, 2.45) is 5.73 Å². The van der Waals surface area contributed by atoms with E-state index in [2.05, 4.69) is 0 Å². The Morgan fingerprint density at radius 3 is 2.55 bits per heavy atom. The minimum Gasteiger partial charge on any atom is -0.493 e. The number of rotatable bonds is 5. The second-order valence-electron chi connectivity index (χ2n) is 3.50. The number of carbonyl (C=O) groups excluding carboxylic acids is 2. The average Bonchev–Trinajstić information content (AvgIpc) is 2.35. The molecule has 0 unspecified atom stereocenters. The summed E-state index contributed by atoms with van der Waals surface area (Å²) in [4.78, 5) is 32.5. The van der Waals surface area contributed by atoms with Crippen molar-refractivity contribution in [2.45, 2.75) is 0 Å². The Kier molecular flexibility index (Phi) is 5.15. The molecule has 108 valence electrons. The molecular formula is C11H11ClN2O6. The number of amides is 3. The molecule has 0 heterocycles. The molecular weight excluding hydrogens is 292 g/mol. The zero-order valence-electron chi connectivity index (χ0n) is 10.3. The van der Waals surface area contributed by atoms with Crippen molar-refractivity contribution in [3.05, 3.63) is 22.7 Å². The second kappa shape index (κ2) is 6.62. The van der Waals surface area contributed by atoms with E-state index in [1.54, 1.807) is 5.32 Å². The first kappa shape index (κ1) is 15.6. The monoisotopic (exact) mass is 302 g/mol.